The predicted octanol–water partition coefficient (Wildman–Crippen LogP) is 4.66. The summed E-state index contributed by atoms with van der Waals surface area (Å²) in [7, 11) is 0. The number of anilines is 1. The molecule has 1 fully saturated rings. The Morgan fingerprint density at radius 1 is 0.912 bits per heavy atom. The number of hydrogen-bond acceptors (Lipinski definition) is 5. The summed E-state index contributed by atoms with van der Waals surface area (Å²) in [5.41, 5.74) is 4.45. The maximum Gasteiger partial charge on any atom is 0.253 e. The van der Waals surface area contributed by atoms with Crippen LogP contribution in [0.3, 0.4) is 0 Å². The second-order valence-corrected chi connectivity index (χ2v) is 9.24. The van der Waals surface area contributed by atoms with Crippen LogP contribution in [0.15, 0.2) is 78.0 Å². The zero-order valence-corrected chi connectivity index (χ0v) is 19.0. The lowest BCUT2D eigenvalue weighted by atomic mass is 10.1. The molecule has 0 unspecified atom stereocenters. The molecular weight excluding hydrogens is 446 g/mol. The number of nitrogens with zero attached hydrogens (tertiary/aromatic N) is 3. The van der Waals surface area contributed by atoms with E-state index < -0.39 is 0 Å². The quantitative estimate of drug-likeness (QED) is 0.280. The highest BCUT2D eigenvalue weighted by atomic mass is 32.2. The fourth-order valence-electron chi connectivity index (χ4n) is 4.01. The average molecular weight is 468 g/mol. The van der Waals surface area contributed by atoms with Gasteiger partial charge in [0.05, 0.1) is 33.6 Å². The Balaban J connectivity index is 1.28. The number of thioether (sulfide) groups is 1. The Morgan fingerprint density at radius 2 is 1.65 bits per heavy atom. The molecule has 0 bridgehead atoms. The second kappa shape index (κ2) is 8.46. The van der Waals surface area contributed by atoms with Crippen molar-refractivity contribution in [2.75, 3.05) is 11.1 Å². The van der Waals surface area contributed by atoms with Crippen LogP contribution in [0.5, 0.6) is 0 Å². The largest absolute Gasteiger partial charge is 0.349 e. The molecule has 7 nitrogen and oxygen atoms in total. The number of nitrogens with one attached hydrogen (secondary N) is 2. The van der Waals surface area contributed by atoms with Crippen molar-refractivity contribution < 1.29 is 9.59 Å². The first-order valence-electron chi connectivity index (χ1n) is 11.2. The predicted molar refractivity (Wildman–Crippen MR) is 134 cm³/mol. The van der Waals surface area contributed by atoms with E-state index in [1.807, 2.05) is 59.0 Å². The Kier molecular flexibility index (Phi) is 5.15. The standard InChI is InChI=1S/C26H21N5O2S/c32-23(28-20-10-4-2-8-18(20)25(33)27-16-13-14-16)15-34-26-30-19-9-3-1-7-17(19)24-29-21-11-5-6-12-22(21)31(24)26/h1-12,16H,13-15H2,(H,27,33)(H,28,32). The van der Waals surface area contributed by atoms with E-state index in [1.165, 1.54) is 11.8 Å². The Bertz CT molecular complexity index is 1570. The lowest BCUT2D eigenvalue weighted by Crippen LogP contribution is -2.27. The lowest BCUT2D eigenvalue weighted by Gasteiger charge is -2.12. The molecule has 3 aromatic carbocycles. The minimum Gasteiger partial charge on any atom is -0.349 e. The number of imidazole rings is 1. The van der Waals surface area contributed by atoms with E-state index >= 15 is 0 Å². The Labute approximate surface area is 199 Å². The summed E-state index contributed by atoms with van der Waals surface area (Å²) in [5.74, 6) is -0.219. The molecule has 2 amide bonds. The number of para-hydroxylation sites is 4. The summed E-state index contributed by atoms with van der Waals surface area (Å²) in [4.78, 5) is 35.1. The zero-order chi connectivity index (χ0) is 23.1. The first kappa shape index (κ1) is 20.7. The van der Waals surface area contributed by atoms with Crippen LogP contribution < -0.4 is 10.6 Å². The summed E-state index contributed by atoms with van der Waals surface area (Å²) in [6.45, 7) is 0. The van der Waals surface area contributed by atoms with Gasteiger partial charge in [0.15, 0.2) is 5.16 Å². The molecule has 8 heteroatoms. The molecule has 0 radical (unpaired) electrons. The number of carbonyl (C=O) groups excluding carboxylic acids is 2. The third kappa shape index (κ3) is 3.86. The average Bonchev–Trinajstić information content (AvgIpc) is 3.58. The number of fused-ring (bicyclic) bond motifs is 5. The molecule has 5 aromatic rings. The van der Waals surface area contributed by atoms with Crippen molar-refractivity contribution in [3.8, 4) is 0 Å². The van der Waals surface area contributed by atoms with Crippen LogP contribution in [0.4, 0.5) is 5.69 Å². The Morgan fingerprint density at radius 3 is 2.50 bits per heavy atom. The van der Waals surface area contributed by atoms with E-state index in [9.17, 15) is 9.59 Å². The summed E-state index contributed by atoms with van der Waals surface area (Å²) in [6, 6.07) is 23.1. The molecule has 0 saturated heterocycles. The maximum absolute atomic E-state index is 12.9. The summed E-state index contributed by atoms with van der Waals surface area (Å²) < 4.78 is 2.01. The minimum absolute atomic E-state index is 0.144. The van der Waals surface area contributed by atoms with Crippen molar-refractivity contribution >= 4 is 56.8 Å². The number of amides is 2. The maximum atomic E-state index is 12.9. The summed E-state index contributed by atoms with van der Waals surface area (Å²) >= 11 is 1.35. The van der Waals surface area contributed by atoms with Gasteiger partial charge in [0.1, 0.15) is 5.65 Å². The van der Waals surface area contributed by atoms with E-state index in [4.69, 9.17) is 9.97 Å². The summed E-state index contributed by atoms with van der Waals surface area (Å²) in [5, 5.41) is 7.53. The van der Waals surface area contributed by atoms with Crippen LogP contribution in [0, 0.1) is 0 Å². The number of carbonyl (C=O) groups is 2. The number of benzene rings is 3. The molecule has 1 aliphatic carbocycles. The lowest BCUT2D eigenvalue weighted by molar-refractivity contribution is -0.113. The van der Waals surface area contributed by atoms with Crippen molar-refractivity contribution in [1.29, 1.82) is 0 Å². The fourth-order valence-corrected chi connectivity index (χ4v) is 4.82. The highest BCUT2D eigenvalue weighted by molar-refractivity contribution is 7.99. The first-order valence-corrected chi connectivity index (χ1v) is 12.1. The van der Waals surface area contributed by atoms with E-state index in [-0.39, 0.29) is 23.6 Å². The van der Waals surface area contributed by atoms with Crippen LogP contribution >= 0.6 is 11.8 Å². The topological polar surface area (TPSA) is 88.4 Å². The van der Waals surface area contributed by atoms with Gasteiger partial charge in [-0.15, -0.1) is 0 Å². The number of rotatable bonds is 6. The molecule has 1 saturated carbocycles. The van der Waals surface area contributed by atoms with E-state index in [2.05, 4.69) is 10.6 Å². The monoisotopic (exact) mass is 467 g/mol. The third-order valence-electron chi connectivity index (χ3n) is 5.80. The first-order chi connectivity index (χ1) is 16.7. The molecule has 0 spiro atoms. The zero-order valence-electron chi connectivity index (χ0n) is 18.2. The van der Waals surface area contributed by atoms with Crippen molar-refractivity contribution in [1.82, 2.24) is 19.7 Å². The summed E-state index contributed by atoms with van der Waals surface area (Å²) in [6.07, 6.45) is 2.01. The van der Waals surface area contributed by atoms with Crippen molar-refractivity contribution in [3.63, 3.8) is 0 Å². The van der Waals surface area contributed by atoms with E-state index in [0.717, 1.165) is 40.4 Å². The molecule has 2 aromatic heterocycles. The van der Waals surface area contributed by atoms with Gasteiger partial charge in [-0.25, -0.2) is 9.97 Å². The van der Waals surface area contributed by atoms with Gasteiger partial charge in [-0.1, -0.05) is 48.2 Å². The van der Waals surface area contributed by atoms with Crippen LogP contribution in [-0.2, 0) is 4.79 Å². The van der Waals surface area contributed by atoms with Crippen LogP contribution in [0.2, 0.25) is 0 Å². The van der Waals surface area contributed by atoms with Gasteiger partial charge in [-0.3, -0.25) is 14.0 Å². The van der Waals surface area contributed by atoms with Gasteiger partial charge in [0.2, 0.25) is 5.91 Å². The van der Waals surface area contributed by atoms with Crippen LogP contribution in [0.25, 0.3) is 27.6 Å². The van der Waals surface area contributed by atoms with Gasteiger partial charge in [0, 0.05) is 11.4 Å². The molecule has 0 aliphatic heterocycles. The third-order valence-corrected chi connectivity index (χ3v) is 6.74. The second-order valence-electron chi connectivity index (χ2n) is 8.30. The minimum atomic E-state index is -0.204. The van der Waals surface area contributed by atoms with Crippen molar-refractivity contribution in [3.05, 3.63) is 78.4 Å². The van der Waals surface area contributed by atoms with Gasteiger partial charge < -0.3 is 10.6 Å². The highest BCUT2D eigenvalue weighted by Crippen LogP contribution is 2.29. The smallest absolute Gasteiger partial charge is 0.253 e. The van der Waals surface area contributed by atoms with Gasteiger partial charge >= 0.3 is 0 Å². The number of hydrogen-bond donors (Lipinski definition) is 2. The van der Waals surface area contributed by atoms with Crippen molar-refractivity contribution in [2.45, 2.75) is 24.0 Å². The molecule has 2 N–H and O–H groups in total. The Hall–Kier alpha value is -3.91. The number of aromatic nitrogens is 3. The van der Waals surface area contributed by atoms with Crippen LogP contribution in [-0.4, -0.2) is 38.0 Å². The molecule has 6 rings (SSSR count). The molecule has 0 atom stereocenters. The normalized spacial score (nSPS) is 13.4. The van der Waals surface area contributed by atoms with Gasteiger partial charge in [-0.05, 0) is 49.2 Å². The van der Waals surface area contributed by atoms with Crippen molar-refractivity contribution in [2.24, 2.45) is 0 Å². The van der Waals surface area contributed by atoms with E-state index in [1.54, 1.807) is 18.2 Å². The molecule has 168 valence electrons. The molecule has 2 heterocycles. The van der Waals surface area contributed by atoms with E-state index in [0.29, 0.717) is 16.4 Å². The van der Waals surface area contributed by atoms with Crippen LogP contribution in [0.1, 0.15) is 23.2 Å². The fraction of sp³-hybridized carbons (Fsp3) is 0.154. The molecule has 1 aliphatic rings. The van der Waals surface area contributed by atoms with Gasteiger partial charge in [0.25, 0.3) is 5.91 Å². The van der Waals surface area contributed by atoms with Gasteiger partial charge in [-0.2, -0.15) is 0 Å². The SMILES string of the molecule is O=C(CSc1nc2ccccc2c2nc3ccccc3n12)Nc1ccccc1C(=O)NC1CC1. The molecule has 34 heavy (non-hydrogen) atoms. The highest BCUT2D eigenvalue weighted by Gasteiger charge is 2.25. The molecular formula is C26H21N5O2S.